The van der Waals surface area contributed by atoms with Gasteiger partial charge in [0.05, 0.1) is 0 Å². The van der Waals surface area contributed by atoms with Crippen molar-refractivity contribution in [3.8, 4) is 11.4 Å². The highest BCUT2D eigenvalue weighted by Crippen LogP contribution is 2.40. The van der Waals surface area contributed by atoms with E-state index >= 15 is 0 Å². The normalized spacial score (nSPS) is 18.5. The number of allylic oxidation sites excluding steroid dienone is 2. The van der Waals surface area contributed by atoms with E-state index in [1.165, 1.54) is 0 Å². The van der Waals surface area contributed by atoms with E-state index in [9.17, 15) is 4.79 Å². The van der Waals surface area contributed by atoms with Crippen LogP contribution in [0.4, 0.5) is 5.95 Å². The predicted molar refractivity (Wildman–Crippen MR) is 112 cm³/mol. The summed E-state index contributed by atoms with van der Waals surface area (Å²) in [6.45, 7) is 0. The Morgan fingerprint density at radius 3 is 2.75 bits per heavy atom. The number of ketones is 1. The number of rotatable bonds is 2. The van der Waals surface area contributed by atoms with Crippen molar-refractivity contribution in [2.24, 2.45) is 0 Å². The van der Waals surface area contributed by atoms with Crippen LogP contribution in [0.25, 0.3) is 11.4 Å². The lowest BCUT2D eigenvalue weighted by atomic mass is 9.85. The molecular weight excluding hydrogens is 440 g/mol. The molecule has 0 bridgehead atoms. The molecule has 1 aromatic heterocycles. The Kier molecular flexibility index (Phi) is 4.33. The van der Waals surface area contributed by atoms with E-state index in [0.717, 1.165) is 39.7 Å². The van der Waals surface area contributed by atoms with Crippen molar-refractivity contribution in [1.82, 2.24) is 14.8 Å². The first kappa shape index (κ1) is 17.6. The van der Waals surface area contributed by atoms with Crippen LogP contribution >= 0.6 is 27.5 Å². The summed E-state index contributed by atoms with van der Waals surface area (Å²) in [6, 6.07) is 15.2. The molecule has 0 saturated heterocycles. The maximum Gasteiger partial charge on any atom is 0.226 e. The summed E-state index contributed by atoms with van der Waals surface area (Å²) in [7, 11) is 0. The van der Waals surface area contributed by atoms with Gasteiger partial charge in [0.1, 0.15) is 6.04 Å². The number of benzene rings is 2. The summed E-state index contributed by atoms with van der Waals surface area (Å²) in [5.41, 5.74) is 3.61. The van der Waals surface area contributed by atoms with Crippen molar-refractivity contribution in [1.29, 1.82) is 0 Å². The molecule has 1 N–H and O–H groups in total. The zero-order chi connectivity index (χ0) is 19.3. The standard InChI is InChI=1S/C21H16BrClN4O/c22-14-9-7-12(8-10-14)19-18-16(5-2-6-17(18)28)24-21-25-20(26-27(19)21)13-3-1-4-15(23)11-13/h1,3-4,7-11,19H,2,5-6H2,(H,24,25,26). The number of carbonyl (C=O) groups excluding carboxylic acids is 1. The number of nitrogens with zero attached hydrogens (tertiary/aromatic N) is 3. The Morgan fingerprint density at radius 2 is 1.96 bits per heavy atom. The third-order valence-electron chi connectivity index (χ3n) is 5.14. The molecule has 2 aliphatic rings. The second-order valence-corrected chi connectivity index (χ2v) is 8.31. The number of anilines is 1. The van der Waals surface area contributed by atoms with Gasteiger partial charge in [0.2, 0.25) is 5.95 Å². The number of fused-ring (bicyclic) bond motifs is 1. The van der Waals surface area contributed by atoms with Gasteiger partial charge in [0, 0.05) is 32.7 Å². The Balaban J connectivity index is 1.68. The molecule has 0 amide bonds. The van der Waals surface area contributed by atoms with Gasteiger partial charge in [0.25, 0.3) is 0 Å². The van der Waals surface area contributed by atoms with E-state index in [-0.39, 0.29) is 11.8 Å². The number of nitrogens with one attached hydrogen (secondary N) is 1. The maximum atomic E-state index is 12.8. The predicted octanol–water partition coefficient (Wildman–Crippen LogP) is 5.38. The van der Waals surface area contributed by atoms with Gasteiger partial charge in [-0.2, -0.15) is 4.98 Å². The minimum atomic E-state index is -0.285. The summed E-state index contributed by atoms with van der Waals surface area (Å²) in [5.74, 6) is 1.41. The molecule has 1 atom stereocenters. The number of aromatic nitrogens is 3. The summed E-state index contributed by atoms with van der Waals surface area (Å²) in [4.78, 5) is 17.5. The lowest BCUT2D eigenvalue weighted by molar-refractivity contribution is -0.116. The SMILES string of the molecule is O=C1CCCC2=C1C(c1ccc(Br)cc1)n1nc(-c3cccc(Cl)c3)nc1N2. The molecule has 2 aromatic carbocycles. The fourth-order valence-electron chi connectivity index (χ4n) is 3.86. The molecule has 28 heavy (non-hydrogen) atoms. The van der Waals surface area contributed by atoms with E-state index in [1.54, 1.807) is 0 Å². The molecule has 5 rings (SSSR count). The first-order valence-electron chi connectivity index (χ1n) is 9.11. The first-order valence-corrected chi connectivity index (χ1v) is 10.3. The molecule has 0 saturated carbocycles. The van der Waals surface area contributed by atoms with Gasteiger partial charge in [-0.3, -0.25) is 4.79 Å². The van der Waals surface area contributed by atoms with Crippen molar-refractivity contribution < 1.29 is 4.79 Å². The van der Waals surface area contributed by atoms with Crippen LogP contribution in [0.1, 0.15) is 30.9 Å². The molecule has 140 valence electrons. The monoisotopic (exact) mass is 454 g/mol. The summed E-state index contributed by atoms with van der Waals surface area (Å²) in [6.07, 6.45) is 2.26. The minimum absolute atomic E-state index is 0.173. The van der Waals surface area contributed by atoms with Crippen molar-refractivity contribution in [3.63, 3.8) is 0 Å². The lowest BCUT2D eigenvalue weighted by Gasteiger charge is -2.32. The Labute approximate surface area is 175 Å². The van der Waals surface area contributed by atoms with Gasteiger partial charge in [-0.25, -0.2) is 4.68 Å². The highest BCUT2D eigenvalue weighted by molar-refractivity contribution is 9.10. The van der Waals surface area contributed by atoms with E-state index < -0.39 is 0 Å². The second kappa shape index (κ2) is 6.87. The van der Waals surface area contributed by atoms with Crippen LogP contribution in [0.2, 0.25) is 5.02 Å². The molecule has 0 spiro atoms. The fourth-order valence-corrected chi connectivity index (χ4v) is 4.31. The number of Topliss-reactive ketones (excluding diaryl/α,β-unsaturated/α-hetero) is 1. The third kappa shape index (κ3) is 2.97. The van der Waals surface area contributed by atoms with Gasteiger partial charge >= 0.3 is 0 Å². The van der Waals surface area contributed by atoms with Crippen LogP contribution < -0.4 is 5.32 Å². The van der Waals surface area contributed by atoms with Gasteiger partial charge in [-0.15, -0.1) is 5.10 Å². The van der Waals surface area contributed by atoms with Crippen LogP contribution in [0.5, 0.6) is 0 Å². The van der Waals surface area contributed by atoms with Crippen LogP contribution in [-0.2, 0) is 4.79 Å². The summed E-state index contributed by atoms with van der Waals surface area (Å²) in [5, 5.41) is 8.74. The van der Waals surface area contributed by atoms with Gasteiger partial charge in [-0.1, -0.05) is 51.8 Å². The molecule has 3 aromatic rings. The molecule has 1 aliphatic heterocycles. The molecule has 0 radical (unpaired) electrons. The van der Waals surface area contributed by atoms with Crippen LogP contribution in [0, 0.1) is 0 Å². The molecule has 1 unspecified atom stereocenters. The summed E-state index contributed by atoms with van der Waals surface area (Å²) < 4.78 is 2.81. The van der Waals surface area contributed by atoms with Gasteiger partial charge in [-0.05, 0) is 42.7 Å². The molecule has 1 aliphatic carbocycles. The zero-order valence-corrected chi connectivity index (χ0v) is 17.2. The Morgan fingerprint density at radius 1 is 1.14 bits per heavy atom. The molecule has 0 fully saturated rings. The highest BCUT2D eigenvalue weighted by atomic mass is 79.9. The topological polar surface area (TPSA) is 59.8 Å². The van der Waals surface area contributed by atoms with Gasteiger partial charge in [0.15, 0.2) is 11.6 Å². The van der Waals surface area contributed by atoms with Crippen molar-refractivity contribution in [2.45, 2.75) is 25.3 Å². The van der Waals surface area contributed by atoms with Gasteiger partial charge < -0.3 is 5.32 Å². The minimum Gasteiger partial charge on any atom is -0.328 e. The second-order valence-electron chi connectivity index (χ2n) is 6.96. The quantitative estimate of drug-likeness (QED) is 0.563. The number of halogens is 2. The number of carbonyl (C=O) groups is 1. The Bertz CT molecular complexity index is 1120. The van der Waals surface area contributed by atoms with Crippen LogP contribution in [-0.4, -0.2) is 20.5 Å². The van der Waals surface area contributed by atoms with E-state index in [4.69, 9.17) is 21.7 Å². The molecular formula is C21H16BrClN4O. The lowest BCUT2D eigenvalue weighted by Crippen LogP contribution is -2.31. The fraction of sp³-hybridized carbons (Fsp3) is 0.190. The first-order chi connectivity index (χ1) is 13.6. The molecule has 5 nitrogen and oxygen atoms in total. The number of hydrogen-bond donors (Lipinski definition) is 1. The average Bonchev–Trinajstić information content (AvgIpc) is 3.11. The van der Waals surface area contributed by atoms with Crippen LogP contribution in [0.3, 0.4) is 0 Å². The Hall–Kier alpha value is -2.44. The van der Waals surface area contributed by atoms with E-state index in [1.807, 2.05) is 53.2 Å². The maximum absolute atomic E-state index is 12.8. The van der Waals surface area contributed by atoms with E-state index in [2.05, 4.69) is 21.2 Å². The number of hydrogen-bond acceptors (Lipinski definition) is 4. The zero-order valence-electron chi connectivity index (χ0n) is 14.8. The molecule has 2 heterocycles. The highest BCUT2D eigenvalue weighted by Gasteiger charge is 2.36. The smallest absolute Gasteiger partial charge is 0.226 e. The summed E-state index contributed by atoms with van der Waals surface area (Å²) >= 11 is 9.63. The largest absolute Gasteiger partial charge is 0.328 e. The van der Waals surface area contributed by atoms with Crippen molar-refractivity contribution in [3.05, 3.63) is 74.9 Å². The van der Waals surface area contributed by atoms with Crippen molar-refractivity contribution in [2.75, 3.05) is 5.32 Å². The van der Waals surface area contributed by atoms with Crippen molar-refractivity contribution >= 4 is 39.3 Å². The third-order valence-corrected chi connectivity index (χ3v) is 5.90. The van der Waals surface area contributed by atoms with Crippen LogP contribution in [0.15, 0.2) is 64.3 Å². The van der Waals surface area contributed by atoms with E-state index in [0.29, 0.717) is 23.2 Å². The molecule has 7 heteroatoms. The average molecular weight is 456 g/mol.